The number of ether oxygens (including phenoxy) is 2. The Morgan fingerprint density at radius 1 is 1.09 bits per heavy atom. The van der Waals surface area contributed by atoms with Gasteiger partial charge < -0.3 is 35.0 Å². The summed E-state index contributed by atoms with van der Waals surface area (Å²) in [6.45, 7) is 1.71. The van der Waals surface area contributed by atoms with Gasteiger partial charge in [0.25, 0.3) is 0 Å². The molecule has 0 bridgehead atoms. The fourth-order valence-corrected chi connectivity index (χ4v) is 6.30. The molecule has 0 radical (unpaired) electrons. The maximum absolute atomic E-state index is 13.8. The van der Waals surface area contributed by atoms with Crippen molar-refractivity contribution < 1.29 is 34.4 Å². The van der Waals surface area contributed by atoms with Crippen molar-refractivity contribution in [1.29, 1.82) is 0 Å². The van der Waals surface area contributed by atoms with Crippen LogP contribution in [-0.2, 0) is 22.7 Å². The first-order valence-electron chi connectivity index (χ1n) is 14.7. The molecule has 4 rings (SSSR count). The van der Waals surface area contributed by atoms with Gasteiger partial charge in [-0.2, -0.15) is 0 Å². The highest BCUT2D eigenvalue weighted by Gasteiger charge is 2.51. The van der Waals surface area contributed by atoms with Gasteiger partial charge in [0.15, 0.2) is 11.5 Å². The second kappa shape index (κ2) is 15.3. The lowest BCUT2D eigenvalue weighted by Gasteiger charge is -2.41. The molecule has 2 aromatic carbocycles. The fraction of sp³-hybridized carbons (Fsp3) is 0.500. The first kappa shape index (κ1) is 33.1. The predicted molar refractivity (Wildman–Crippen MR) is 164 cm³/mol. The van der Waals surface area contributed by atoms with Crippen LogP contribution in [0.1, 0.15) is 68.1 Å². The minimum Gasteiger partial charge on any atom is -0.493 e. The van der Waals surface area contributed by atoms with Crippen molar-refractivity contribution >= 4 is 35.0 Å². The molecule has 2 aliphatic rings. The molecule has 0 fully saturated rings. The molecule has 1 aliphatic heterocycles. The molecule has 0 unspecified atom stereocenters. The molecule has 0 spiro atoms. The van der Waals surface area contributed by atoms with Crippen LogP contribution in [-0.4, -0.2) is 70.5 Å². The van der Waals surface area contributed by atoms with E-state index in [0.717, 1.165) is 25.7 Å². The van der Waals surface area contributed by atoms with Crippen LogP contribution in [0.2, 0.25) is 10.0 Å². The van der Waals surface area contributed by atoms with Gasteiger partial charge in [0.2, 0.25) is 11.8 Å². The quantitative estimate of drug-likeness (QED) is 0.225. The van der Waals surface area contributed by atoms with Crippen LogP contribution in [0.4, 0.5) is 0 Å². The van der Waals surface area contributed by atoms with Crippen molar-refractivity contribution in [3.63, 3.8) is 0 Å². The van der Waals surface area contributed by atoms with E-state index in [-0.39, 0.29) is 44.2 Å². The number of benzene rings is 2. The zero-order valence-electron chi connectivity index (χ0n) is 24.5. The summed E-state index contributed by atoms with van der Waals surface area (Å²) in [6.07, 6.45) is 4.55. The van der Waals surface area contributed by atoms with Crippen molar-refractivity contribution in [1.82, 2.24) is 10.2 Å². The summed E-state index contributed by atoms with van der Waals surface area (Å²) in [5.41, 5.74) is 2.08. The molecule has 234 valence electrons. The van der Waals surface area contributed by atoms with Crippen molar-refractivity contribution in [3.05, 3.63) is 68.7 Å². The van der Waals surface area contributed by atoms with Gasteiger partial charge in [-0.05, 0) is 47.9 Å². The number of rotatable bonds is 14. The van der Waals surface area contributed by atoms with Gasteiger partial charge in [-0.3, -0.25) is 9.59 Å². The zero-order chi connectivity index (χ0) is 31.1. The molecular formula is C32H40Cl2N2O7. The van der Waals surface area contributed by atoms with E-state index in [0.29, 0.717) is 44.7 Å². The Balaban J connectivity index is 1.76. The van der Waals surface area contributed by atoms with E-state index in [1.165, 1.54) is 7.11 Å². The predicted octanol–water partition coefficient (Wildman–Crippen LogP) is 4.51. The fourth-order valence-electron chi connectivity index (χ4n) is 5.84. The second-order valence-electron chi connectivity index (χ2n) is 10.9. The van der Waals surface area contributed by atoms with Gasteiger partial charge >= 0.3 is 0 Å². The first-order chi connectivity index (χ1) is 20.7. The number of nitrogens with one attached hydrogen (secondary N) is 1. The van der Waals surface area contributed by atoms with E-state index in [4.69, 9.17) is 32.7 Å². The van der Waals surface area contributed by atoms with Crippen LogP contribution < -0.4 is 14.8 Å². The molecule has 1 heterocycles. The molecule has 2 aromatic rings. The third-order valence-corrected chi connectivity index (χ3v) is 8.61. The Labute approximate surface area is 262 Å². The third kappa shape index (κ3) is 7.46. The highest BCUT2D eigenvalue weighted by Crippen LogP contribution is 2.51. The summed E-state index contributed by atoms with van der Waals surface area (Å²) in [7, 11) is 1.48. The number of aliphatic hydroxyl groups is 3. The van der Waals surface area contributed by atoms with Crippen LogP contribution in [0, 0.1) is 0 Å². The Morgan fingerprint density at radius 3 is 2.53 bits per heavy atom. The van der Waals surface area contributed by atoms with E-state index in [1.54, 1.807) is 41.3 Å². The van der Waals surface area contributed by atoms with E-state index >= 15 is 0 Å². The number of amides is 2. The summed E-state index contributed by atoms with van der Waals surface area (Å²) in [5, 5.41) is 34.6. The summed E-state index contributed by atoms with van der Waals surface area (Å²) in [4.78, 5) is 28.9. The van der Waals surface area contributed by atoms with Crippen LogP contribution >= 0.6 is 23.2 Å². The van der Waals surface area contributed by atoms with Crippen LogP contribution in [0.25, 0.3) is 0 Å². The lowest BCUT2D eigenvalue weighted by Crippen LogP contribution is -2.55. The Morgan fingerprint density at radius 2 is 1.86 bits per heavy atom. The summed E-state index contributed by atoms with van der Waals surface area (Å²) >= 11 is 12.6. The molecule has 11 heteroatoms. The average molecular weight is 636 g/mol. The van der Waals surface area contributed by atoms with Crippen molar-refractivity contribution in [2.24, 2.45) is 0 Å². The van der Waals surface area contributed by atoms with Crippen LogP contribution in [0.15, 0.2) is 42.0 Å². The van der Waals surface area contributed by atoms with Gasteiger partial charge in [0.1, 0.15) is 12.2 Å². The second-order valence-corrected chi connectivity index (χ2v) is 11.8. The van der Waals surface area contributed by atoms with Gasteiger partial charge in [-0.1, -0.05) is 61.9 Å². The number of aliphatic hydroxyl groups excluding tert-OH is 3. The average Bonchev–Trinajstić information content (AvgIpc) is 3.39. The number of halogens is 2. The number of methoxy groups -OCH3 is 1. The Hall–Kier alpha value is -2.82. The highest BCUT2D eigenvalue weighted by molar-refractivity contribution is 6.35. The molecule has 9 nitrogen and oxygen atoms in total. The SMILES string of the molecule is CCCCCCCC(=O)N(Cc1ccc(Cl)cc1Cl)[C@@H]1C=C(C(=O)NCCO)[C@@H]2c3cc(CO)cc(OC)c3O[C@@H]2[C@H]1O. The Bertz CT molecular complexity index is 1340. The summed E-state index contributed by atoms with van der Waals surface area (Å²) < 4.78 is 11.8. The van der Waals surface area contributed by atoms with Gasteiger partial charge in [0.05, 0.1) is 32.3 Å². The van der Waals surface area contributed by atoms with Gasteiger partial charge in [0, 0.05) is 40.7 Å². The van der Waals surface area contributed by atoms with Gasteiger partial charge in [-0.25, -0.2) is 0 Å². The number of unbranched alkanes of at least 4 members (excludes halogenated alkanes) is 4. The van der Waals surface area contributed by atoms with Crippen LogP contribution in [0.5, 0.6) is 11.5 Å². The van der Waals surface area contributed by atoms with E-state index in [1.807, 2.05) is 0 Å². The topological polar surface area (TPSA) is 129 Å². The number of nitrogens with zero attached hydrogens (tertiary/aromatic N) is 1. The van der Waals surface area contributed by atoms with E-state index in [9.17, 15) is 24.9 Å². The summed E-state index contributed by atoms with van der Waals surface area (Å²) in [5.74, 6) is -0.618. The number of carbonyl (C=O) groups excluding carboxylic acids is 2. The molecule has 1 aliphatic carbocycles. The molecule has 4 atom stereocenters. The lowest BCUT2D eigenvalue weighted by atomic mass is 9.77. The molecule has 2 amide bonds. The number of carbonyl (C=O) groups is 2. The van der Waals surface area contributed by atoms with Crippen molar-refractivity contribution in [2.45, 2.75) is 82.8 Å². The third-order valence-electron chi connectivity index (χ3n) is 8.03. The molecule has 0 saturated heterocycles. The van der Waals surface area contributed by atoms with Crippen molar-refractivity contribution in [2.75, 3.05) is 20.3 Å². The first-order valence-corrected chi connectivity index (χ1v) is 15.5. The summed E-state index contributed by atoms with van der Waals surface area (Å²) in [6, 6.07) is 7.48. The number of fused-ring (bicyclic) bond motifs is 3. The number of hydrogen-bond donors (Lipinski definition) is 4. The normalized spacial score (nSPS) is 20.5. The Kier molecular flexibility index (Phi) is 11.7. The van der Waals surface area contributed by atoms with Gasteiger partial charge in [-0.15, -0.1) is 0 Å². The monoisotopic (exact) mass is 634 g/mol. The molecule has 0 saturated carbocycles. The van der Waals surface area contributed by atoms with Crippen LogP contribution in [0.3, 0.4) is 0 Å². The maximum Gasteiger partial charge on any atom is 0.247 e. The van der Waals surface area contributed by atoms with Crippen molar-refractivity contribution in [3.8, 4) is 11.5 Å². The highest BCUT2D eigenvalue weighted by atomic mass is 35.5. The largest absolute Gasteiger partial charge is 0.493 e. The van der Waals surface area contributed by atoms with E-state index in [2.05, 4.69) is 12.2 Å². The zero-order valence-corrected chi connectivity index (χ0v) is 26.0. The minimum absolute atomic E-state index is 0.0231. The standard InChI is InChI=1S/C32H40Cl2N2O7/c1-3-4-5-6-7-8-27(39)36(17-20-9-10-21(33)15-24(20)34)25-16-23(32(41)35-11-12-37)28-22-13-19(18-38)14-26(42-2)30(22)43-31(28)29(25)40/h9-10,13-16,25,28-29,31,37-38,40H,3-8,11-12,17-18H2,1-2H3,(H,35,41)/t25-,28+,29+,31+/m1/s1. The molecular weight excluding hydrogens is 595 g/mol. The lowest BCUT2D eigenvalue weighted by molar-refractivity contribution is -0.138. The minimum atomic E-state index is -1.22. The molecule has 43 heavy (non-hydrogen) atoms. The molecule has 0 aromatic heterocycles. The maximum atomic E-state index is 13.8. The smallest absolute Gasteiger partial charge is 0.247 e. The molecule has 4 N–H and O–H groups in total. The number of hydrogen-bond acceptors (Lipinski definition) is 7. The van der Waals surface area contributed by atoms with E-state index < -0.39 is 30.1 Å².